The van der Waals surface area contributed by atoms with Gasteiger partial charge in [0.05, 0.1) is 6.61 Å². The Morgan fingerprint density at radius 3 is 2.14 bits per heavy atom. The van der Waals surface area contributed by atoms with E-state index in [1.165, 1.54) is 23.5 Å². The Morgan fingerprint density at radius 2 is 1.64 bits per heavy atom. The van der Waals surface area contributed by atoms with Crippen LogP contribution in [0, 0.1) is 0 Å². The van der Waals surface area contributed by atoms with Gasteiger partial charge in [-0.15, -0.1) is 11.6 Å². The maximum Gasteiger partial charge on any atom is 0.347 e. The van der Waals surface area contributed by atoms with Gasteiger partial charge in [0.25, 0.3) is 0 Å². The van der Waals surface area contributed by atoms with E-state index in [4.69, 9.17) is 27.9 Å². The fourth-order valence-electron chi connectivity index (χ4n) is 2.30. The van der Waals surface area contributed by atoms with Gasteiger partial charge in [0, 0.05) is 9.79 Å². The molecule has 2 atom stereocenters. The van der Waals surface area contributed by atoms with Crippen molar-refractivity contribution in [2.75, 3.05) is 20.7 Å². The molecule has 0 aliphatic carbocycles. The van der Waals surface area contributed by atoms with Gasteiger partial charge in [-0.2, -0.15) is 0 Å². The van der Waals surface area contributed by atoms with E-state index in [-0.39, 0.29) is 11.1 Å². The number of esters is 1. The van der Waals surface area contributed by atoms with Crippen molar-refractivity contribution in [3.05, 3.63) is 60.7 Å². The van der Waals surface area contributed by atoms with Gasteiger partial charge in [-0.05, 0) is 45.3 Å². The van der Waals surface area contributed by atoms with Crippen molar-refractivity contribution in [2.45, 2.75) is 27.1 Å². The molecule has 2 unspecified atom stereocenters. The summed E-state index contributed by atoms with van der Waals surface area (Å²) in [5, 5.41) is 0. The highest BCUT2D eigenvalue weighted by molar-refractivity contribution is 8.16. The second-order valence-corrected chi connectivity index (χ2v) is 9.27. The van der Waals surface area contributed by atoms with Crippen LogP contribution in [0.25, 0.3) is 0 Å². The third-order valence-electron chi connectivity index (χ3n) is 3.56. The molecule has 2 aromatic carbocycles. The topological polar surface area (TPSA) is 41.9 Å². The van der Waals surface area contributed by atoms with Crippen LogP contribution < -0.4 is 0 Å². The number of nitrogens with zero attached hydrogens (tertiary/aromatic N) is 2. The number of aliphatic imine (C=N–C) groups is 1. The van der Waals surface area contributed by atoms with E-state index in [0.29, 0.717) is 0 Å². The molecule has 0 N–H and O–H groups in total. The first kappa shape index (κ1) is 23.1. The van der Waals surface area contributed by atoms with Crippen molar-refractivity contribution in [1.29, 1.82) is 0 Å². The SMILES string of the molecule is CCOC(=O)C(/N=C(\Cl)Sc1ccccc1)(Sc1ccccc1)C(Cl)N(C)C. The fourth-order valence-corrected chi connectivity index (χ4v) is 5.00. The Balaban J connectivity index is 2.50. The van der Waals surface area contributed by atoms with E-state index in [1.54, 1.807) is 25.9 Å². The van der Waals surface area contributed by atoms with E-state index in [2.05, 4.69) is 4.99 Å². The van der Waals surface area contributed by atoms with Crippen LogP contribution >= 0.6 is 46.7 Å². The third-order valence-corrected chi connectivity index (χ3v) is 6.78. The molecule has 0 saturated carbocycles. The lowest BCUT2D eigenvalue weighted by Gasteiger charge is -2.34. The van der Waals surface area contributed by atoms with Crippen molar-refractivity contribution in [3.63, 3.8) is 0 Å². The highest BCUT2D eigenvalue weighted by Gasteiger charge is 2.49. The maximum absolute atomic E-state index is 13.1. The van der Waals surface area contributed by atoms with Crippen molar-refractivity contribution < 1.29 is 9.53 Å². The normalized spacial score (nSPS) is 15.1. The minimum absolute atomic E-state index is 0.204. The van der Waals surface area contributed by atoms with Crippen molar-refractivity contribution in [2.24, 2.45) is 4.99 Å². The molecule has 2 aromatic rings. The molecule has 0 heterocycles. The molecule has 0 aromatic heterocycles. The highest BCUT2D eigenvalue weighted by Crippen LogP contribution is 2.42. The lowest BCUT2D eigenvalue weighted by atomic mass is 10.2. The maximum atomic E-state index is 13.1. The first-order valence-corrected chi connectivity index (χ1v) is 11.0. The van der Waals surface area contributed by atoms with Crippen LogP contribution in [0.3, 0.4) is 0 Å². The zero-order chi connectivity index (χ0) is 20.6. The largest absolute Gasteiger partial charge is 0.463 e. The standard InChI is InChI=1S/C20H22Cl2N2O2S2/c1-4-26-18(25)20(17(21)24(2)3,28-16-13-9-6-10-14-16)23-19(22)27-15-11-7-5-8-12-15/h5-14,17H,4H2,1-3H3/b23-19+. The molecule has 0 amide bonds. The van der Waals surface area contributed by atoms with Gasteiger partial charge in [0.15, 0.2) is 4.50 Å². The second-order valence-electron chi connectivity index (χ2n) is 5.91. The first-order valence-electron chi connectivity index (χ1n) is 8.59. The van der Waals surface area contributed by atoms with Gasteiger partial charge >= 0.3 is 5.97 Å². The van der Waals surface area contributed by atoms with E-state index < -0.39 is 16.3 Å². The molecular formula is C20H22Cl2N2O2S2. The first-order chi connectivity index (χ1) is 13.4. The van der Waals surface area contributed by atoms with Gasteiger partial charge < -0.3 is 4.74 Å². The number of carbonyl (C=O) groups is 1. The summed E-state index contributed by atoms with van der Waals surface area (Å²) in [7, 11) is 3.57. The van der Waals surface area contributed by atoms with Crippen LogP contribution in [-0.2, 0) is 9.53 Å². The lowest BCUT2D eigenvalue weighted by molar-refractivity contribution is -0.146. The predicted molar refractivity (Wildman–Crippen MR) is 121 cm³/mol. The Hall–Kier alpha value is -1.18. The summed E-state index contributed by atoms with van der Waals surface area (Å²) in [6.07, 6.45) is 0. The number of alkyl halides is 1. The van der Waals surface area contributed by atoms with E-state index in [9.17, 15) is 4.79 Å². The van der Waals surface area contributed by atoms with E-state index >= 15 is 0 Å². The number of halogens is 2. The molecule has 0 bridgehead atoms. The van der Waals surface area contributed by atoms with Gasteiger partial charge in [-0.1, -0.05) is 71.5 Å². The molecule has 0 saturated heterocycles. The number of carbonyl (C=O) groups excluding carboxylic acids is 1. The number of benzene rings is 2. The molecule has 0 spiro atoms. The lowest BCUT2D eigenvalue weighted by Crippen LogP contribution is -2.50. The molecule has 28 heavy (non-hydrogen) atoms. The summed E-state index contributed by atoms with van der Waals surface area (Å²) in [5.41, 5.74) is -0.790. The summed E-state index contributed by atoms with van der Waals surface area (Å²) in [6.45, 7) is 1.96. The van der Waals surface area contributed by atoms with Gasteiger partial charge in [0.1, 0.15) is 5.50 Å². The third kappa shape index (κ3) is 6.16. The summed E-state index contributed by atoms with van der Waals surface area (Å²) in [4.78, 5) is 19.7. The molecule has 0 radical (unpaired) electrons. The summed E-state index contributed by atoms with van der Waals surface area (Å²) < 4.78 is 5.56. The molecule has 150 valence electrons. The van der Waals surface area contributed by atoms with Crippen molar-refractivity contribution in [3.8, 4) is 0 Å². The average molecular weight is 457 g/mol. The Morgan fingerprint density at radius 1 is 1.11 bits per heavy atom. The number of thioether (sulfide) groups is 2. The zero-order valence-corrected chi connectivity index (χ0v) is 19.0. The van der Waals surface area contributed by atoms with Crippen LogP contribution in [0.1, 0.15) is 6.92 Å². The minimum Gasteiger partial charge on any atom is -0.463 e. The molecular weight excluding hydrogens is 435 g/mol. The summed E-state index contributed by atoms with van der Waals surface area (Å²) in [6, 6.07) is 19.1. The minimum atomic E-state index is -1.47. The van der Waals surface area contributed by atoms with Crippen molar-refractivity contribution >= 4 is 57.2 Å². The molecule has 4 nitrogen and oxygen atoms in total. The van der Waals surface area contributed by atoms with Crippen LogP contribution in [0.15, 0.2) is 75.4 Å². The van der Waals surface area contributed by atoms with Crippen LogP contribution in [-0.4, -0.2) is 46.4 Å². The Labute approximate surface area is 184 Å². The number of hydrogen-bond acceptors (Lipinski definition) is 6. The average Bonchev–Trinajstić information content (AvgIpc) is 2.68. The van der Waals surface area contributed by atoms with E-state index in [0.717, 1.165) is 9.79 Å². The number of likely N-dealkylation sites (N-methyl/N-ethyl adjacent to an activating group) is 1. The smallest absolute Gasteiger partial charge is 0.347 e. The second kappa shape index (κ2) is 11.1. The van der Waals surface area contributed by atoms with Crippen molar-refractivity contribution in [1.82, 2.24) is 4.90 Å². The molecule has 2 rings (SSSR count). The number of ether oxygens (including phenoxy) is 1. The van der Waals surface area contributed by atoms with Gasteiger partial charge in [-0.3, -0.25) is 4.90 Å². The van der Waals surface area contributed by atoms with Crippen LogP contribution in [0.2, 0.25) is 0 Å². The Kier molecular flexibility index (Phi) is 9.18. The predicted octanol–water partition coefficient (Wildman–Crippen LogP) is 5.55. The number of rotatable bonds is 8. The summed E-state index contributed by atoms with van der Waals surface area (Å²) >= 11 is 15.7. The van der Waals surface area contributed by atoms with Gasteiger partial charge in [-0.25, -0.2) is 9.79 Å². The van der Waals surface area contributed by atoms with E-state index in [1.807, 2.05) is 60.7 Å². The zero-order valence-electron chi connectivity index (χ0n) is 15.8. The molecule has 0 aliphatic heterocycles. The van der Waals surface area contributed by atoms with Gasteiger partial charge in [0.2, 0.25) is 4.87 Å². The Bertz CT molecular complexity index is 791. The highest BCUT2D eigenvalue weighted by atomic mass is 35.5. The molecule has 0 aliphatic rings. The molecule has 0 fully saturated rings. The quantitative estimate of drug-likeness (QED) is 0.130. The monoisotopic (exact) mass is 456 g/mol. The van der Waals surface area contributed by atoms with Crippen LogP contribution in [0.5, 0.6) is 0 Å². The summed E-state index contributed by atoms with van der Waals surface area (Å²) in [5.74, 6) is -0.538. The fraction of sp³-hybridized carbons (Fsp3) is 0.300. The molecule has 8 heteroatoms. The number of hydrogen-bond donors (Lipinski definition) is 0. The van der Waals surface area contributed by atoms with Crippen LogP contribution in [0.4, 0.5) is 0 Å².